The van der Waals surface area contributed by atoms with Gasteiger partial charge in [-0.05, 0) is 18.9 Å². The first-order chi connectivity index (χ1) is 9.00. The monoisotopic (exact) mass is 266 g/mol. The van der Waals surface area contributed by atoms with Gasteiger partial charge in [-0.15, -0.1) is 0 Å². The first-order valence-electron chi connectivity index (χ1n) is 5.94. The highest BCUT2D eigenvalue weighted by Crippen LogP contribution is 2.33. The van der Waals surface area contributed by atoms with E-state index in [4.69, 9.17) is 5.11 Å². The van der Waals surface area contributed by atoms with Crippen LogP contribution in [0.3, 0.4) is 0 Å². The number of nitro groups is 1. The number of hydrogen-bond acceptors (Lipinski definition) is 5. The number of aromatic carboxylic acids is 1. The number of nitro benzene ring substituents is 1. The molecular weight excluding hydrogens is 252 g/mol. The van der Waals surface area contributed by atoms with Crippen molar-refractivity contribution < 1.29 is 19.9 Å². The van der Waals surface area contributed by atoms with E-state index in [-0.39, 0.29) is 23.5 Å². The summed E-state index contributed by atoms with van der Waals surface area (Å²) < 4.78 is 0. The van der Waals surface area contributed by atoms with E-state index in [2.05, 4.69) is 0 Å². The van der Waals surface area contributed by atoms with Gasteiger partial charge in [-0.25, -0.2) is 4.79 Å². The molecule has 2 N–H and O–H groups in total. The predicted octanol–water partition coefficient (Wildman–Crippen LogP) is 1.25. The Bertz CT molecular complexity index is 485. The summed E-state index contributed by atoms with van der Waals surface area (Å²) in [5.74, 6) is -1.21. The zero-order valence-electron chi connectivity index (χ0n) is 10.2. The van der Waals surface area contributed by atoms with Crippen molar-refractivity contribution in [2.45, 2.75) is 18.9 Å². The summed E-state index contributed by atoms with van der Waals surface area (Å²) in [4.78, 5) is 23.2. The van der Waals surface area contributed by atoms with Gasteiger partial charge in [0.05, 0.1) is 16.6 Å². The highest BCUT2D eigenvalue weighted by Gasteiger charge is 2.29. The molecule has 102 valence electrons. The second-order valence-corrected chi connectivity index (χ2v) is 4.48. The highest BCUT2D eigenvalue weighted by molar-refractivity contribution is 5.97. The topological polar surface area (TPSA) is 104 Å². The Morgan fingerprint density at radius 2 is 2.21 bits per heavy atom. The molecule has 1 saturated heterocycles. The minimum absolute atomic E-state index is 0.0822. The van der Waals surface area contributed by atoms with Crippen LogP contribution in [0.1, 0.15) is 23.2 Å². The van der Waals surface area contributed by atoms with Crippen molar-refractivity contribution in [3.63, 3.8) is 0 Å². The number of piperidine rings is 1. The van der Waals surface area contributed by atoms with Crippen molar-refractivity contribution in [3.05, 3.63) is 33.9 Å². The van der Waals surface area contributed by atoms with Crippen LogP contribution >= 0.6 is 0 Å². The number of para-hydroxylation sites is 1. The maximum Gasteiger partial charge on any atom is 0.338 e. The fourth-order valence-electron chi connectivity index (χ4n) is 2.34. The normalized spacial score (nSPS) is 19.2. The lowest BCUT2D eigenvalue weighted by Gasteiger charge is -2.32. The van der Waals surface area contributed by atoms with Gasteiger partial charge in [0.2, 0.25) is 0 Å². The molecule has 0 bridgehead atoms. The van der Waals surface area contributed by atoms with Crippen LogP contribution in [0.4, 0.5) is 11.4 Å². The third-order valence-electron chi connectivity index (χ3n) is 3.15. The molecule has 1 heterocycles. The van der Waals surface area contributed by atoms with E-state index in [0.29, 0.717) is 19.4 Å². The summed E-state index contributed by atoms with van der Waals surface area (Å²) in [5, 5.41) is 29.8. The first-order valence-corrected chi connectivity index (χ1v) is 5.94. The lowest BCUT2D eigenvalue weighted by atomic mass is 10.0. The lowest BCUT2D eigenvalue weighted by molar-refractivity contribution is -0.384. The van der Waals surface area contributed by atoms with Crippen LogP contribution in [0.25, 0.3) is 0 Å². The molecule has 1 aromatic rings. The van der Waals surface area contributed by atoms with Crippen LogP contribution in [-0.4, -0.2) is 40.3 Å². The average molecular weight is 266 g/mol. The number of anilines is 1. The Hall–Kier alpha value is -2.15. The summed E-state index contributed by atoms with van der Waals surface area (Å²) in [5.41, 5.74) is -0.268. The molecule has 0 radical (unpaired) electrons. The standard InChI is InChI=1S/C12H14N2O5/c15-8-3-2-6-13(7-8)11-9(12(16)17)4-1-5-10(11)14(18)19/h1,4-5,8,15H,2-3,6-7H2,(H,16,17)/t8-/m0/s1. The third-order valence-corrected chi connectivity index (χ3v) is 3.15. The second kappa shape index (κ2) is 5.23. The molecule has 19 heavy (non-hydrogen) atoms. The van der Waals surface area contributed by atoms with Crippen molar-refractivity contribution in [3.8, 4) is 0 Å². The number of carboxylic acid groups (broad SMARTS) is 1. The number of hydrogen-bond donors (Lipinski definition) is 2. The SMILES string of the molecule is O=C(O)c1cccc([N+](=O)[O-])c1N1CCC[C@H](O)C1. The summed E-state index contributed by atoms with van der Waals surface area (Å²) in [7, 11) is 0. The Balaban J connectivity index is 2.51. The zero-order chi connectivity index (χ0) is 14.0. The van der Waals surface area contributed by atoms with E-state index in [1.807, 2.05) is 0 Å². The number of β-amino-alcohol motifs (C(OH)–C–C–N with tert-alkyl or cyclic N) is 1. The summed E-state index contributed by atoms with van der Waals surface area (Å²) in [6, 6.07) is 3.97. The quantitative estimate of drug-likeness (QED) is 0.630. The summed E-state index contributed by atoms with van der Waals surface area (Å²) in [6.45, 7) is 0.716. The largest absolute Gasteiger partial charge is 0.478 e. The molecule has 0 aromatic heterocycles. The van der Waals surface area contributed by atoms with Crippen LogP contribution < -0.4 is 4.90 Å². The van der Waals surface area contributed by atoms with E-state index in [1.54, 1.807) is 4.90 Å². The fourth-order valence-corrected chi connectivity index (χ4v) is 2.34. The van der Waals surface area contributed by atoms with Gasteiger partial charge in [0.1, 0.15) is 5.69 Å². The second-order valence-electron chi connectivity index (χ2n) is 4.48. The molecular formula is C12H14N2O5. The molecule has 0 spiro atoms. The Morgan fingerprint density at radius 1 is 1.47 bits per heavy atom. The molecule has 0 saturated carbocycles. The van der Waals surface area contributed by atoms with E-state index >= 15 is 0 Å². The molecule has 7 nitrogen and oxygen atoms in total. The number of carboxylic acids is 1. The minimum atomic E-state index is -1.21. The van der Waals surface area contributed by atoms with Crippen LogP contribution in [0, 0.1) is 10.1 Å². The molecule has 1 aliphatic rings. The number of rotatable bonds is 3. The van der Waals surface area contributed by atoms with Gasteiger partial charge < -0.3 is 15.1 Å². The maximum atomic E-state index is 11.2. The molecule has 1 aromatic carbocycles. The molecule has 1 fully saturated rings. The highest BCUT2D eigenvalue weighted by atomic mass is 16.6. The van der Waals surface area contributed by atoms with Gasteiger partial charge in [0.15, 0.2) is 0 Å². The van der Waals surface area contributed by atoms with E-state index in [1.165, 1.54) is 18.2 Å². The van der Waals surface area contributed by atoms with Gasteiger partial charge in [-0.3, -0.25) is 10.1 Å². The van der Waals surface area contributed by atoms with E-state index in [0.717, 1.165) is 0 Å². The first kappa shape index (κ1) is 13.3. The van der Waals surface area contributed by atoms with Crippen LogP contribution in [0.5, 0.6) is 0 Å². The van der Waals surface area contributed by atoms with E-state index in [9.17, 15) is 20.0 Å². The lowest BCUT2D eigenvalue weighted by Crippen LogP contribution is -2.39. The van der Waals surface area contributed by atoms with Crippen molar-refractivity contribution in [2.75, 3.05) is 18.0 Å². The number of benzene rings is 1. The Kier molecular flexibility index (Phi) is 3.66. The average Bonchev–Trinajstić information content (AvgIpc) is 2.37. The summed E-state index contributed by atoms with van der Waals surface area (Å²) >= 11 is 0. The summed E-state index contributed by atoms with van der Waals surface area (Å²) in [6.07, 6.45) is 0.710. The number of aliphatic hydroxyl groups is 1. The molecule has 7 heteroatoms. The van der Waals surface area contributed by atoms with Crippen molar-refractivity contribution in [1.29, 1.82) is 0 Å². The van der Waals surface area contributed by atoms with Gasteiger partial charge in [-0.2, -0.15) is 0 Å². The Morgan fingerprint density at radius 3 is 2.79 bits per heavy atom. The van der Waals surface area contributed by atoms with Gasteiger partial charge in [0, 0.05) is 19.2 Å². The zero-order valence-corrected chi connectivity index (χ0v) is 10.2. The number of carbonyl (C=O) groups is 1. The van der Waals surface area contributed by atoms with E-state index < -0.39 is 17.0 Å². The molecule has 2 rings (SSSR count). The van der Waals surface area contributed by atoms with Crippen molar-refractivity contribution in [1.82, 2.24) is 0 Å². The molecule has 1 atom stereocenters. The van der Waals surface area contributed by atoms with Gasteiger partial charge in [0.25, 0.3) is 5.69 Å². The van der Waals surface area contributed by atoms with Crippen LogP contribution in [-0.2, 0) is 0 Å². The number of nitrogens with zero attached hydrogens (tertiary/aromatic N) is 2. The van der Waals surface area contributed by atoms with Crippen molar-refractivity contribution in [2.24, 2.45) is 0 Å². The van der Waals surface area contributed by atoms with Gasteiger partial charge in [-0.1, -0.05) is 6.07 Å². The Labute approximate surface area is 109 Å². The van der Waals surface area contributed by atoms with Crippen LogP contribution in [0.15, 0.2) is 18.2 Å². The van der Waals surface area contributed by atoms with Crippen LogP contribution in [0.2, 0.25) is 0 Å². The molecule has 1 aliphatic heterocycles. The van der Waals surface area contributed by atoms with Crippen molar-refractivity contribution >= 4 is 17.3 Å². The molecule has 0 unspecified atom stereocenters. The fraction of sp³-hybridized carbons (Fsp3) is 0.417. The predicted molar refractivity (Wildman–Crippen MR) is 67.5 cm³/mol. The third kappa shape index (κ3) is 2.65. The minimum Gasteiger partial charge on any atom is -0.478 e. The smallest absolute Gasteiger partial charge is 0.338 e. The van der Waals surface area contributed by atoms with Gasteiger partial charge >= 0.3 is 5.97 Å². The maximum absolute atomic E-state index is 11.2. The molecule has 0 aliphatic carbocycles. The number of aliphatic hydroxyl groups excluding tert-OH is 1. The molecule has 0 amide bonds.